The van der Waals surface area contributed by atoms with Crippen LogP contribution in [0.4, 0.5) is 5.95 Å². The first-order chi connectivity index (χ1) is 10.7. The SMILES string of the molecule is Cn1c(NCC2CCCO2)nc2sc3c(c2c1=O)CCCC3. The lowest BCUT2D eigenvalue weighted by molar-refractivity contribution is 0.120. The number of aromatic nitrogens is 2. The molecule has 0 saturated carbocycles. The summed E-state index contributed by atoms with van der Waals surface area (Å²) in [5, 5.41) is 4.15. The Morgan fingerprint density at radius 2 is 2.23 bits per heavy atom. The average molecular weight is 319 g/mol. The monoisotopic (exact) mass is 319 g/mol. The van der Waals surface area contributed by atoms with Gasteiger partial charge in [0.05, 0.1) is 11.5 Å². The van der Waals surface area contributed by atoms with Crippen molar-refractivity contribution in [2.24, 2.45) is 7.05 Å². The number of rotatable bonds is 3. The van der Waals surface area contributed by atoms with Crippen molar-refractivity contribution in [2.45, 2.75) is 44.6 Å². The lowest BCUT2D eigenvalue weighted by Crippen LogP contribution is -2.26. The zero-order valence-electron chi connectivity index (χ0n) is 12.9. The van der Waals surface area contributed by atoms with Gasteiger partial charge in [0.1, 0.15) is 4.83 Å². The molecule has 118 valence electrons. The number of anilines is 1. The van der Waals surface area contributed by atoms with Crippen LogP contribution in [-0.2, 0) is 24.6 Å². The van der Waals surface area contributed by atoms with E-state index in [-0.39, 0.29) is 11.7 Å². The fourth-order valence-corrected chi connectivity index (χ4v) is 4.71. The normalized spacial score (nSPS) is 21.2. The van der Waals surface area contributed by atoms with Gasteiger partial charge in [-0.2, -0.15) is 0 Å². The van der Waals surface area contributed by atoms with Crippen molar-refractivity contribution in [3.8, 4) is 0 Å². The first-order valence-electron chi connectivity index (χ1n) is 8.11. The van der Waals surface area contributed by atoms with E-state index >= 15 is 0 Å². The van der Waals surface area contributed by atoms with Crippen LogP contribution in [0.3, 0.4) is 0 Å². The molecule has 0 aromatic carbocycles. The topological polar surface area (TPSA) is 56.1 Å². The van der Waals surface area contributed by atoms with E-state index in [2.05, 4.69) is 5.32 Å². The van der Waals surface area contributed by atoms with Gasteiger partial charge in [0, 0.05) is 25.1 Å². The minimum Gasteiger partial charge on any atom is -0.376 e. The van der Waals surface area contributed by atoms with Crippen molar-refractivity contribution in [1.29, 1.82) is 0 Å². The van der Waals surface area contributed by atoms with Crippen LogP contribution in [0.15, 0.2) is 4.79 Å². The van der Waals surface area contributed by atoms with Crippen LogP contribution in [0.2, 0.25) is 0 Å². The Kier molecular flexibility index (Phi) is 3.66. The Morgan fingerprint density at radius 3 is 3.05 bits per heavy atom. The molecule has 1 fully saturated rings. The molecule has 1 aliphatic heterocycles. The molecule has 1 N–H and O–H groups in total. The van der Waals surface area contributed by atoms with Gasteiger partial charge in [-0.15, -0.1) is 11.3 Å². The molecule has 1 atom stereocenters. The van der Waals surface area contributed by atoms with Crippen LogP contribution in [0.1, 0.15) is 36.1 Å². The summed E-state index contributed by atoms with van der Waals surface area (Å²) >= 11 is 1.70. The van der Waals surface area contributed by atoms with Crippen LogP contribution >= 0.6 is 11.3 Å². The molecule has 2 aromatic rings. The summed E-state index contributed by atoms with van der Waals surface area (Å²) < 4.78 is 7.28. The summed E-state index contributed by atoms with van der Waals surface area (Å²) in [4.78, 5) is 19.7. The molecular formula is C16H21N3O2S. The Balaban J connectivity index is 1.70. The number of aryl methyl sites for hydroxylation is 2. The maximum atomic E-state index is 12.7. The highest BCUT2D eigenvalue weighted by molar-refractivity contribution is 7.18. The van der Waals surface area contributed by atoms with Crippen LogP contribution in [0.5, 0.6) is 0 Å². The van der Waals surface area contributed by atoms with Gasteiger partial charge >= 0.3 is 0 Å². The van der Waals surface area contributed by atoms with Crippen molar-refractivity contribution < 1.29 is 4.74 Å². The summed E-state index contributed by atoms with van der Waals surface area (Å²) in [6, 6.07) is 0. The number of hydrogen-bond acceptors (Lipinski definition) is 5. The van der Waals surface area contributed by atoms with Gasteiger partial charge in [0.15, 0.2) is 0 Å². The van der Waals surface area contributed by atoms with Crippen LogP contribution < -0.4 is 10.9 Å². The van der Waals surface area contributed by atoms with Crippen LogP contribution in [0.25, 0.3) is 10.2 Å². The Labute approximate surface area is 133 Å². The molecule has 1 saturated heterocycles. The van der Waals surface area contributed by atoms with Gasteiger partial charge in [0.25, 0.3) is 5.56 Å². The van der Waals surface area contributed by atoms with Gasteiger partial charge in [-0.1, -0.05) is 0 Å². The fraction of sp³-hybridized carbons (Fsp3) is 0.625. The molecule has 0 radical (unpaired) electrons. The highest BCUT2D eigenvalue weighted by Gasteiger charge is 2.22. The molecule has 6 heteroatoms. The standard InChI is InChI=1S/C16H21N3O2S/c1-19-15(20)13-11-6-2-3-7-12(11)22-14(13)18-16(19)17-9-10-5-4-8-21-10/h10H,2-9H2,1H3,(H,17,18). The molecule has 1 unspecified atom stereocenters. The molecule has 2 aromatic heterocycles. The van der Waals surface area contributed by atoms with Crippen LogP contribution in [0, 0.1) is 0 Å². The predicted molar refractivity (Wildman–Crippen MR) is 89.0 cm³/mol. The molecule has 5 nitrogen and oxygen atoms in total. The van der Waals surface area contributed by atoms with Crippen molar-refractivity contribution in [3.05, 3.63) is 20.8 Å². The van der Waals surface area contributed by atoms with E-state index < -0.39 is 0 Å². The van der Waals surface area contributed by atoms with Gasteiger partial charge in [0.2, 0.25) is 5.95 Å². The van der Waals surface area contributed by atoms with E-state index in [0.29, 0.717) is 5.95 Å². The minimum atomic E-state index is 0.0826. The molecule has 22 heavy (non-hydrogen) atoms. The van der Waals surface area contributed by atoms with Crippen molar-refractivity contribution >= 4 is 27.5 Å². The highest BCUT2D eigenvalue weighted by atomic mass is 32.1. The second-order valence-corrected chi connectivity index (χ2v) is 7.29. The first-order valence-corrected chi connectivity index (χ1v) is 8.92. The Hall–Kier alpha value is -1.40. The quantitative estimate of drug-likeness (QED) is 0.944. The molecule has 3 heterocycles. The second-order valence-electron chi connectivity index (χ2n) is 6.21. The number of nitrogens with zero attached hydrogens (tertiary/aromatic N) is 2. The first kappa shape index (κ1) is 14.2. The zero-order valence-corrected chi connectivity index (χ0v) is 13.7. The van der Waals surface area contributed by atoms with Crippen molar-refractivity contribution in [1.82, 2.24) is 9.55 Å². The number of ether oxygens (including phenoxy) is 1. The minimum absolute atomic E-state index is 0.0826. The van der Waals surface area contributed by atoms with E-state index in [9.17, 15) is 4.79 Å². The zero-order chi connectivity index (χ0) is 15.1. The molecule has 4 rings (SSSR count). The summed E-state index contributed by atoms with van der Waals surface area (Å²) in [5.41, 5.74) is 1.34. The number of thiophene rings is 1. The molecule has 0 bridgehead atoms. The molecule has 0 amide bonds. The predicted octanol–water partition coefficient (Wildman–Crippen LogP) is 2.46. The highest BCUT2D eigenvalue weighted by Crippen LogP contribution is 2.34. The van der Waals surface area contributed by atoms with E-state index in [4.69, 9.17) is 9.72 Å². The maximum Gasteiger partial charge on any atom is 0.263 e. The van der Waals surface area contributed by atoms with Crippen LogP contribution in [-0.4, -0.2) is 28.8 Å². The number of hydrogen-bond donors (Lipinski definition) is 1. The van der Waals surface area contributed by atoms with Gasteiger partial charge in [-0.3, -0.25) is 9.36 Å². The number of fused-ring (bicyclic) bond motifs is 3. The van der Waals surface area contributed by atoms with E-state index in [1.54, 1.807) is 23.0 Å². The van der Waals surface area contributed by atoms with E-state index in [0.717, 1.165) is 49.1 Å². The van der Waals surface area contributed by atoms with Gasteiger partial charge in [-0.25, -0.2) is 4.98 Å². The third-order valence-electron chi connectivity index (χ3n) is 4.71. The van der Waals surface area contributed by atoms with E-state index in [1.807, 2.05) is 0 Å². The Bertz CT molecular complexity index is 759. The van der Waals surface area contributed by atoms with E-state index in [1.165, 1.54) is 23.3 Å². The molecular weight excluding hydrogens is 298 g/mol. The summed E-state index contributed by atoms with van der Waals surface area (Å²) in [6.07, 6.45) is 6.97. The summed E-state index contributed by atoms with van der Waals surface area (Å²) in [5.74, 6) is 0.659. The third-order valence-corrected chi connectivity index (χ3v) is 5.89. The smallest absolute Gasteiger partial charge is 0.263 e. The summed E-state index contributed by atoms with van der Waals surface area (Å²) in [6.45, 7) is 1.56. The lowest BCUT2D eigenvalue weighted by Gasteiger charge is -2.14. The third kappa shape index (κ3) is 2.34. The van der Waals surface area contributed by atoms with Gasteiger partial charge in [-0.05, 0) is 44.1 Å². The summed E-state index contributed by atoms with van der Waals surface area (Å²) in [7, 11) is 1.81. The lowest BCUT2D eigenvalue weighted by atomic mass is 9.97. The average Bonchev–Trinajstić information content (AvgIpc) is 3.16. The number of nitrogens with one attached hydrogen (secondary N) is 1. The fourth-order valence-electron chi connectivity index (χ4n) is 3.45. The largest absolute Gasteiger partial charge is 0.376 e. The van der Waals surface area contributed by atoms with Crippen molar-refractivity contribution in [3.63, 3.8) is 0 Å². The maximum absolute atomic E-state index is 12.7. The molecule has 0 spiro atoms. The molecule has 1 aliphatic carbocycles. The van der Waals surface area contributed by atoms with Gasteiger partial charge < -0.3 is 10.1 Å². The van der Waals surface area contributed by atoms with Crippen molar-refractivity contribution in [2.75, 3.05) is 18.5 Å². The molecule has 2 aliphatic rings. The second kappa shape index (κ2) is 5.66. The Morgan fingerprint density at radius 1 is 1.36 bits per heavy atom.